The van der Waals surface area contributed by atoms with Crippen LogP contribution in [0.2, 0.25) is 0 Å². The van der Waals surface area contributed by atoms with Crippen molar-refractivity contribution in [3.63, 3.8) is 0 Å². The van der Waals surface area contributed by atoms with Crippen molar-refractivity contribution in [3.05, 3.63) is 30.3 Å². The summed E-state index contributed by atoms with van der Waals surface area (Å²) in [6.07, 6.45) is 0. The molecule has 53 valence electrons. The van der Waals surface area contributed by atoms with Crippen LogP contribution in [-0.2, 0) is 11.0 Å². The summed E-state index contributed by atoms with van der Waals surface area (Å²) >= 11 is 0. The maximum Gasteiger partial charge on any atom is 0.299 e. The van der Waals surface area contributed by atoms with Crippen molar-refractivity contribution < 1.29 is 12.6 Å². The van der Waals surface area contributed by atoms with Crippen LogP contribution in [0.15, 0.2) is 24.3 Å². The zero-order valence-corrected chi connectivity index (χ0v) is 5.88. The molecule has 0 heterocycles. The predicted molar refractivity (Wildman–Crippen MR) is 36.2 cm³/mol. The molecular formula is C6H5O3S. The van der Waals surface area contributed by atoms with Gasteiger partial charge in [-0.3, -0.25) is 0 Å². The van der Waals surface area contributed by atoms with Crippen LogP contribution in [0.3, 0.4) is 0 Å². The van der Waals surface area contributed by atoms with E-state index in [1.807, 2.05) is 0 Å². The molecular weight excluding hydrogens is 152 g/mol. The van der Waals surface area contributed by atoms with Crippen molar-refractivity contribution >= 4 is 11.0 Å². The lowest BCUT2D eigenvalue weighted by Crippen LogP contribution is -1.88. The van der Waals surface area contributed by atoms with E-state index >= 15 is 0 Å². The minimum Gasteiger partial charge on any atom is -0.384 e. The molecule has 0 aromatic heterocycles. The van der Waals surface area contributed by atoms with Crippen molar-refractivity contribution in [2.75, 3.05) is 0 Å². The lowest BCUT2D eigenvalue weighted by molar-refractivity contribution is 0.510. The van der Waals surface area contributed by atoms with Gasteiger partial charge in [0.05, 0.1) is 0 Å². The summed E-state index contributed by atoms with van der Waals surface area (Å²) in [7, 11) is -2.79. The summed E-state index contributed by atoms with van der Waals surface area (Å²) in [5.74, 6) is 0.315. The summed E-state index contributed by atoms with van der Waals surface area (Å²) in [4.78, 5) is 0. The first-order valence-corrected chi connectivity index (χ1v) is 3.67. The fourth-order valence-electron chi connectivity index (χ4n) is 0.519. The smallest absolute Gasteiger partial charge is 0.299 e. The van der Waals surface area contributed by atoms with E-state index in [-0.39, 0.29) is 0 Å². The molecule has 0 unspecified atom stereocenters. The molecule has 0 spiro atoms. The molecule has 0 bridgehead atoms. The minimum atomic E-state index is -2.79. The van der Waals surface area contributed by atoms with Gasteiger partial charge in [-0.15, -0.1) is 0 Å². The largest absolute Gasteiger partial charge is 0.384 e. The topological polar surface area (TPSA) is 43.4 Å². The Hall–Kier alpha value is -1.03. The van der Waals surface area contributed by atoms with Crippen molar-refractivity contribution in [1.29, 1.82) is 0 Å². The second kappa shape index (κ2) is 3.22. The van der Waals surface area contributed by atoms with Gasteiger partial charge in [-0.05, 0) is 18.2 Å². The molecule has 10 heavy (non-hydrogen) atoms. The zero-order valence-electron chi connectivity index (χ0n) is 4.98. The minimum absolute atomic E-state index is 0.315. The second-order valence-corrected chi connectivity index (χ2v) is 2.18. The van der Waals surface area contributed by atoms with Crippen molar-refractivity contribution in [3.8, 4) is 5.75 Å². The van der Waals surface area contributed by atoms with Crippen LogP contribution < -0.4 is 4.18 Å². The maximum atomic E-state index is 9.97. The van der Waals surface area contributed by atoms with E-state index in [0.29, 0.717) is 5.75 Å². The van der Waals surface area contributed by atoms with Gasteiger partial charge in [0.15, 0.2) is 0 Å². The lowest BCUT2D eigenvalue weighted by atomic mass is 10.3. The zero-order chi connectivity index (χ0) is 7.40. The lowest BCUT2D eigenvalue weighted by Gasteiger charge is -1.92. The SMILES string of the molecule is O=[SH](=O)Oc1cc[c]cc1. The number of benzene rings is 1. The molecule has 1 aromatic carbocycles. The normalized spacial score (nSPS) is 9.70. The van der Waals surface area contributed by atoms with Gasteiger partial charge in [0.1, 0.15) is 5.75 Å². The Balaban J connectivity index is 2.77. The average molecular weight is 157 g/mol. The van der Waals surface area contributed by atoms with Crippen LogP contribution in [0.5, 0.6) is 5.75 Å². The quantitative estimate of drug-likeness (QED) is 0.631. The van der Waals surface area contributed by atoms with Gasteiger partial charge >= 0.3 is 0 Å². The van der Waals surface area contributed by atoms with Gasteiger partial charge in [-0.1, -0.05) is 12.1 Å². The number of hydrogen-bond acceptors (Lipinski definition) is 3. The Labute approximate surface area is 60.4 Å². The van der Waals surface area contributed by atoms with Crippen LogP contribution >= 0.6 is 0 Å². The van der Waals surface area contributed by atoms with Crippen LogP contribution in [0.25, 0.3) is 0 Å². The van der Waals surface area contributed by atoms with E-state index in [4.69, 9.17) is 0 Å². The molecule has 1 radical (unpaired) electrons. The van der Waals surface area contributed by atoms with Gasteiger partial charge in [0.25, 0.3) is 11.0 Å². The third-order valence-electron chi connectivity index (χ3n) is 0.868. The van der Waals surface area contributed by atoms with Gasteiger partial charge < -0.3 is 4.18 Å². The summed E-state index contributed by atoms with van der Waals surface area (Å²) < 4.78 is 24.3. The molecule has 1 aromatic rings. The second-order valence-electron chi connectivity index (χ2n) is 1.55. The first-order valence-electron chi connectivity index (χ1n) is 2.57. The average Bonchev–Trinajstić information content (AvgIpc) is 1.88. The molecule has 3 nitrogen and oxygen atoms in total. The standard InChI is InChI=1S/C6H5O3S/c7-10(8)9-6-4-2-1-3-5-6/h2-5,10H. The van der Waals surface area contributed by atoms with Gasteiger partial charge in [0.2, 0.25) is 0 Å². The molecule has 4 heteroatoms. The maximum absolute atomic E-state index is 9.97. The number of thiol groups is 1. The molecule has 1 rings (SSSR count). The van der Waals surface area contributed by atoms with Gasteiger partial charge in [0, 0.05) is 0 Å². The first kappa shape index (κ1) is 7.08. The molecule has 0 amide bonds. The van der Waals surface area contributed by atoms with Crippen molar-refractivity contribution in [2.45, 2.75) is 0 Å². The predicted octanol–water partition coefficient (Wildman–Crippen LogP) is 0.392. The van der Waals surface area contributed by atoms with E-state index in [0.717, 1.165) is 0 Å². The third-order valence-corrected chi connectivity index (χ3v) is 1.23. The Morgan fingerprint density at radius 1 is 1.30 bits per heavy atom. The number of rotatable bonds is 2. The van der Waals surface area contributed by atoms with Crippen LogP contribution in [0.4, 0.5) is 0 Å². The van der Waals surface area contributed by atoms with E-state index < -0.39 is 11.0 Å². The summed E-state index contributed by atoms with van der Waals surface area (Å²) in [6.45, 7) is 0. The van der Waals surface area contributed by atoms with E-state index in [9.17, 15) is 8.42 Å². The Morgan fingerprint density at radius 3 is 2.40 bits per heavy atom. The summed E-state index contributed by atoms with van der Waals surface area (Å²) in [6, 6.07) is 8.92. The molecule has 0 aliphatic rings. The molecule has 0 atom stereocenters. The monoisotopic (exact) mass is 157 g/mol. The molecule has 0 N–H and O–H groups in total. The van der Waals surface area contributed by atoms with Crippen LogP contribution in [0, 0.1) is 6.07 Å². The third kappa shape index (κ3) is 2.06. The highest BCUT2D eigenvalue weighted by molar-refractivity contribution is 7.67. The molecule has 0 aliphatic heterocycles. The van der Waals surface area contributed by atoms with E-state index in [1.165, 1.54) is 12.1 Å². The Morgan fingerprint density at radius 2 is 1.90 bits per heavy atom. The van der Waals surface area contributed by atoms with E-state index in [1.54, 1.807) is 12.1 Å². The van der Waals surface area contributed by atoms with Crippen molar-refractivity contribution in [2.24, 2.45) is 0 Å². The van der Waals surface area contributed by atoms with Gasteiger partial charge in [-0.25, -0.2) is 0 Å². The van der Waals surface area contributed by atoms with Gasteiger partial charge in [-0.2, -0.15) is 8.42 Å². The fourth-order valence-corrected chi connectivity index (χ4v) is 0.812. The van der Waals surface area contributed by atoms with Crippen LogP contribution in [0.1, 0.15) is 0 Å². The summed E-state index contributed by atoms with van der Waals surface area (Å²) in [5.41, 5.74) is 0. The van der Waals surface area contributed by atoms with Crippen molar-refractivity contribution in [1.82, 2.24) is 0 Å². The fraction of sp³-hybridized carbons (Fsp3) is 0. The molecule has 0 saturated heterocycles. The molecule has 0 fully saturated rings. The summed E-state index contributed by atoms with van der Waals surface area (Å²) in [5, 5.41) is 0. The number of hydrogen-bond donors (Lipinski definition) is 1. The highest BCUT2D eigenvalue weighted by Gasteiger charge is 1.88. The van der Waals surface area contributed by atoms with E-state index in [2.05, 4.69) is 10.2 Å². The highest BCUT2D eigenvalue weighted by atomic mass is 32.2. The Kier molecular flexibility index (Phi) is 2.28. The molecule has 0 saturated carbocycles. The first-order chi connectivity index (χ1) is 4.79. The highest BCUT2D eigenvalue weighted by Crippen LogP contribution is 2.06. The Bertz CT molecular complexity index is 258. The molecule has 0 aliphatic carbocycles. The van der Waals surface area contributed by atoms with Crippen LogP contribution in [-0.4, -0.2) is 8.42 Å².